The molecule has 88 valence electrons. The highest BCUT2D eigenvalue weighted by Gasteiger charge is 2.39. The molecule has 0 heterocycles. The maximum absolute atomic E-state index is 10.9. The minimum Gasteiger partial charge on any atom is -0.479 e. The van der Waals surface area contributed by atoms with Gasteiger partial charge in [0.1, 0.15) is 0 Å². The molecule has 0 amide bonds. The van der Waals surface area contributed by atoms with Gasteiger partial charge in [-0.05, 0) is 43.4 Å². The van der Waals surface area contributed by atoms with Gasteiger partial charge in [-0.2, -0.15) is 0 Å². The van der Waals surface area contributed by atoms with Crippen molar-refractivity contribution in [3.8, 4) is 0 Å². The molecule has 1 fully saturated rings. The lowest BCUT2D eigenvalue weighted by atomic mass is 9.76. The molecule has 3 nitrogen and oxygen atoms in total. The van der Waals surface area contributed by atoms with Crippen LogP contribution in [0, 0.1) is 11.3 Å². The van der Waals surface area contributed by atoms with E-state index in [0.29, 0.717) is 18.8 Å². The molecule has 0 bridgehead atoms. The van der Waals surface area contributed by atoms with Crippen molar-refractivity contribution in [3.05, 3.63) is 0 Å². The first-order valence-corrected chi connectivity index (χ1v) is 5.71. The van der Waals surface area contributed by atoms with Crippen LogP contribution in [0.15, 0.2) is 0 Å². The Bertz CT molecular complexity index is 242. The van der Waals surface area contributed by atoms with Crippen molar-refractivity contribution in [2.24, 2.45) is 11.3 Å². The number of hydrogen-bond acceptors (Lipinski definition) is 2. The fourth-order valence-electron chi connectivity index (χ4n) is 2.40. The fourth-order valence-corrected chi connectivity index (χ4v) is 2.40. The first-order chi connectivity index (χ1) is 6.76. The summed E-state index contributed by atoms with van der Waals surface area (Å²) in [6.07, 6.45) is 3.44. The van der Waals surface area contributed by atoms with E-state index in [9.17, 15) is 9.90 Å². The Morgan fingerprint density at radius 1 is 1.27 bits per heavy atom. The van der Waals surface area contributed by atoms with Crippen LogP contribution in [-0.2, 0) is 4.79 Å². The lowest BCUT2D eigenvalue weighted by Crippen LogP contribution is -2.38. The van der Waals surface area contributed by atoms with Gasteiger partial charge in [0, 0.05) is 0 Å². The number of aliphatic hydroxyl groups is 1. The lowest BCUT2D eigenvalue weighted by molar-refractivity contribution is -0.159. The molecule has 1 aliphatic carbocycles. The average Bonchev–Trinajstić information content (AvgIpc) is 2.26. The molecule has 0 radical (unpaired) electrons. The summed E-state index contributed by atoms with van der Waals surface area (Å²) in [5.41, 5.74) is -1.26. The summed E-state index contributed by atoms with van der Waals surface area (Å²) in [7, 11) is 0. The second-order valence-electron chi connectivity index (χ2n) is 5.83. The van der Waals surface area contributed by atoms with Gasteiger partial charge in [0.05, 0.1) is 0 Å². The molecule has 2 atom stereocenters. The predicted octanol–water partition coefficient (Wildman–Crippen LogP) is 2.43. The molecular formula is C12H22O3. The van der Waals surface area contributed by atoms with Crippen molar-refractivity contribution >= 4 is 5.97 Å². The number of aliphatic carboxylic acids is 1. The number of carbonyl (C=O) groups is 1. The second-order valence-corrected chi connectivity index (χ2v) is 5.83. The van der Waals surface area contributed by atoms with E-state index in [1.165, 1.54) is 0 Å². The van der Waals surface area contributed by atoms with Crippen LogP contribution in [0.5, 0.6) is 0 Å². The van der Waals surface area contributed by atoms with Gasteiger partial charge < -0.3 is 10.2 Å². The van der Waals surface area contributed by atoms with Gasteiger partial charge in [0.15, 0.2) is 5.60 Å². The molecule has 1 rings (SSSR count). The highest BCUT2D eigenvalue weighted by molar-refractivity contribution is 5.77. The highest BCUT2D eigenvalue weighted by Crippen LogP contribution is 2.39. The minimum atomic E-state index is -1.47. The average molecular weight is 214 g/mol. The maximum Gasteiger partial charge on any atom is 0.335 e. The van der Waals surface area contributed by atoms with E-state index in [1.807, 2.05) is 0 Å². The van der Waals surface area contributed by atoms with Crippen molar-refractivity contribution in [2.45, 2.75) is 58.5 Å². The van der Waals surface area contributed by atoms with Crippen LogP contribution in [0.4, 0.5) is 0 Å². The van der Waals surface area contributed by atoms with Crippen LogP contribution in [0.1, 0.15) is 52.9 Å². The number of hydrogen-bond donors (Lipinski definition) is 2. The highest BCUT2D eigenvalue weighted by atomic mass is 16.4. The molecular weight excluding hydrogens is 192 g/mol. The molecule has 1 aliphatic rings. The molecule has 15 heavy (non-hydrogen) atoms. The third-order valence-corrected chi connectivity index (χ3v) is 3.67. The van der Waals surface area contributed by atoms with Gasteiger partial charge in [-0.1, -0.05) is 20.8 Å². The molecule has 2 N–H and O–H groups in total. The van der Waals surface area contributed by atoms with E-state index >= 15 is 0 Å². The van der Waals surface area contributed by atoms with Gasteiger partial charge in [0.2, 0.25) is 0 Å². The molecule has 1 saturated carbocycles. The maximum atomic E-state index is 10.9. The van der Waals surface area contributed by atoms with E-state index in [2.05, 4.69) is 20.8 Å². The Labute approximate surface area is 91.5 Å². The molecule has 0 aromatic heterocycles. The van der Waals surface area contributed by atoms with Gasteiger partial charge in [-0.3, -0.25) is 0 Å². The molecule has 0 aliphatic heterocycles. The second kappa shape index (κ2) is 4.12. The SMILES string of the molecule is CC(C)(C)C1CCCC(O)(C(=O)O)CC1. The Balaban J connectivity index is 2.68. The van der Waals surface area contributed by atoms with Crippen molar-refractivity contribution in [1.29, 1.82) is 0 Å². The zero-order chi connectivity index (χ0) is 11.7. The summed E-state index contributed by atoms with van der Waals surface area (Å²) in [6, 6.07) is 0. The van der Waals surface area contributed by atoms with Crippen molar-refractivity contribution in [2.75, 3.05) is 0 Å². The zero-order valence-corrected chi connectivity index (χ0v) is 9.92. The predicted molar refractivity (Wildman–Crippen MR) is 58.6 cm³/mol. The van der Waals surface area contributed by atoms with Crippen LogP contribution >= 0.6 is 0 Å². The molecule has 0 spiro atoms. The van der Waals surface area contributed by atoms with Crippen LogP contribution in [0.3, 0.4) is 0 Å². The zero-order valence-electron chi connectivity index (χ0n) is 9.92. The number of rotatable bonds is 1. The van der Waals surface area contributed by atoms with Crippen LogP contribution in [-0.4, -0.2) is 21.8 Å². The standard InChI is InChI=1S/C12H22O3/c1-11(2,3)9-5-4-7-12(15,8-6-9)10(13)14/h9,15H,4-8H2,1-3H3,(H,13,14). The fraction of sp³-hybridized carbons (Fsp3) is 0.917. The molecule has 2 unspecified atom stereocenters. The third kappa shape index (κ3) is 2.94. The monoisotopic (exact) mass is 214 g/mol. The van der Waals surface area contributed by atoms with Crippen molar-refractivity contribution in [3.63, 3.8) is 0 Å². The van der Waals surface area contributed by atoms with Crippen molar-refractivity contribution in [1.82, 2.24) is 0 Å². The Hall–Kier alpha value is -0.570. The minimum absolute atomic E-state index is 0.212. The summed E-state index contributed by atoms with van der Waals surface area (Å²) >= 11 is 0. The van der Waals surface area contributed by atoms with E-state index < -0.39 is 11.6 Å². The van der Waals surface area contributed by atoms with Gasteiger partial charge in [0.25, 0.3) is 0 Å². The largest absolute Gasteiger partial charge is 0.479 e. The topological polar surface area (TPSA) is 57.5 Å². The summed E-state index contributed by atoms with van der Waals surface area (Å²) in [5.74, 6) is -0.539. The van der Waals surface area contributed by atoms with E-state index in [0.717, 1.165) is 19.3 Å². The molecule has 0 aromatic rings. The summed E-state index contributed by atoms with van der Waals surface area (Å²) in [5, 5.41) is 18.9. The Morgan fingerprint density at radius 3 is 2.33 bits per heavy atom. The summed E-state index contributed by atoms with van der Waals surface area (Å²) in [4.78, 5) is 10.9. The first-order valence-electron chi connectivity index (χ1n) is 5.71. The Kier molecular flexibility index (Phi) is 3.44. The number of carboxylic acid groups (broad SMARTS) is 1. The molecule has 3 heteroatoms. The van der Waals surface area contributed by atoms with Crippen molar-refractivity contribution < 1.29 is 15.0 Å². The number of carboxylic acids is 1. The summed E-state index contributed by atoms with van der Waals surface area (Å²) in [6.45, 7) is 6.55. The lowest BCUT2D eigenvalue weighted by Gasteiger charge is -2.30. The van der Waals surface area contributed by atoms with Crippen LogP contribution in [0.25, 0.3) is 0 Å². The van der Waals surface area contributed by atoms with Crippen LogP contribution < -0.4 is 0 Å². The molecule has 0 aromatic carbocycles. The quantitative estimate of drug-likeness (QED) is 0.659. The Morgan fingerprint density at radius 2 is 1.87 bits per heavy atom. The van der Waals surface area contributed by atoms with E-state index in [1.54, 1.807) is 0 Å². The van der Waals surface area contributed by atoms with Gasteiger partial charge >= 0.3 is 5.97 Å². The van der Waals surface area contributed by atoms with E-state index in [4.69, 9.17) is 5.11 Å². The summed E-state index contributed by atoms with van der Waals surface area (Å²) < 4.78 is 0. The normalized spacial score (nSPS) is 33.5. The first kappa shape index (κ1) is 12.5. The molecule has 0 saturated heterocycles. The van der Waals surface area contributed by atoms with Crippen LogP contribution in [0.2, 0.25) is 0 Å². The van der Waals surface area contributed by atoms with E-state index in [-0.39, 0.29) is 5.41 Å². The van der Waals surface area contributed by atoms with Gasteiger partial charge in [-0.15, -0.1) is 0 Å². The van der Waals surface area contributed by atoms with Gasteiger partial charge in [-0.25, -0.2) is 4.79 Å². The third-order valence-electron chi connectivity index (χ3n) is 3.67. The smallest absolute Gasteiger partial charge is 0.335 e.